The predicted molar refractivity (Wildman–Crippen MR) is 83.2 cm³/mol. The molecular formula is C16H29N3O. The molecule has 1 heterocycles. The summed E-state index contributed by atoms with van der Waals surface area (Å²) in [7, 11) is 1.73. The normalized spacial score (nSPS) is 12.7. The molecule has 1 unspecified atom stereocenters. The van der Waals surface area contributed by atoms with Gasteiger partial charge in [-0.15, -0.1) is 0 Å². The number of aromatic nitrogens is 2. The zero-order valence-electron chi connectivity index (χ0n) is 13.6. The zero-order chi connectivity index (χ0) is 15.0. The minimum Gasteiger partial charge on any atom is -0.381 e. The first-order valence-electron chi connectivity index (χ1n) is 7.77. The number of hydrogen-bond acceptors (Lipinski definition) is 4. The Morgan fingerprint density at radius 3 is 2.15 bits per heavy atom. The van der Waals surface area contributed by atoms with Gasteiger partial charge in [0, 0.05) is 24.9 Å². The van der Waals surface area contributed by atoms with Crippen LogP contribution in [0.25, 0.3) is 0 Å². The van der Waals surface area contributed by atoms with Crippen LogP contribution in [0.2, 0.25) is 0 Å². The fraction of sp³-hybridized carbons (Fsp3) is 0.750. The van der Waals surface area contributed by atoms with E-state index in [1.807, 2.05) is 0 Å². The van der Waals surface area contributed by atoms with Crippen LogP contribution in [0.4, 0.5) is 0 Å². The maximum Gasteiger partial charge on any atom is 0.131 e. The van der Waals surface area contributed by atoms with Crippen LogP contribution in [0.1, 0.15) is 50.5 Å². The van der Waals surface area contributed by atoms with Gasteiger partial charge in [-0.05, 0) is 44.8 Å². The summed E-state index contributed by atoms with van der Waals surface area (Å²) in [6.45, 7) is 10.5. The van der Waals surface area contributed by atoms with Gasteiger partial charge in [0.15, 0.2) is 0 Å². The van der Waals surface area contributed by atoms with Crippen molar-refractivity contribution in [3.05, 3.63) is 22.8 Å². The smallest absolute Gasteiger partial charge is 0.131 e. The summed E-state index contributed by atoms with van der Waals surface area (Å²) in [6, 6.07) is 0. The summed E-state index contributed by atoms with van der Waals surface area (Å²) in [6.07, 6.45) is 3.89. The summed E-state index contributed by atoms with van der Waals surface area (Å²) >= 11 is 0. The summed E-state index contributed by atoms with van der Waals surface area (Å²) < 4.78 is 5.32. The third-order valence-electron chi connectivity index (χ3n) is 3.57. The Hall–Kier alpha value is -1.00. The number of aryl methyl sites for hydroxylation is 2. The van der Waals surface area contributed by atoms with E-state index in [1.54, 1.807) is 7.11 Å². The van der Waals surface area contributed by atoms with Gasteiger partial charge in [0.2, 0.25) is 0 Å². The zero-order valence-corrected chi connectivity index (χ0v) is 13.6. The van der Waals surface area contributed by atoms with Crippen LogP contribution >= 0.6 is 0 Å². The molecule has 1 N–H and O–H groups in total. The lowest BCUT2D eigenvalue weighted by molar-refractivity contribution is 0.117. The van der Waals surface area contributed by atoms with Gasteiger partial charge in [-0.1, -0.05) is 20.8 Å². The van der Waals surface area contributed by atoms with Crippen LogP contribution in [-0.4, -0.2) is 36.3 Å². The molecule has 0 aliphatic carbocycles. The molecule has 0 aliphatic heterocycles. The lowest BCUT2D eigenvalue weighted by atomic mass is 10.0. The van der Waals surface area contributed by atoms with E-state index in [-0.39, 0.29) is 6.10 Å². The molecule has 0 aliphatic rings. The molecule has 20 heavy (non-hydrogen) atoms. The van der Waals surface area contributed by atoms with E-state index in [4.69, 9.17) is 14.7 Å². The Morgan fingerprint density at radius 1 is 1.10 bits per heavy atom. The Labute approximate surface area is 123 Å². The van der Waals surface area contributed by atoms with Gasteiger partial charge in [-0.25, -0.2) is 9.97 Å². The maximum absolute atomic E-state index is 5.32. The molecule has 114 valence electrons. The van der Waals surface area contributed by atoms with Crippen LogP contribution < -0.4 is 5.32 Å². The number of rotatable bonds is 9. The monoisotopic (exact) mass is 279 g/mol. The highest BCUT2D eigenvalue weighted by atomic mass is 16.5. The van der Waals surface area contributed by atoms with Crippen molar-refractivity contribution in [2.75, 3.05) is 20.2 Å². The molecular weight excluding hydrogens is 250 g/mol. The van der Waals surface area contributed by atoms with Crippen molar-refractivity contribution in [3.8, 4) is 0 Å². The minimum atomic E-state index is 0.164. The molecule has 1 rings (SSSR count). The molecule has 4 heteroatoms. The van der Waals surface area contributed by atoms with Gasteiger partial charge in [0.05, 0.1) is 6.10 Å². The second-order valence-corrected chi connectivity index (χ2v) is 5.07. The van der Waals surface area contributed by atoms with Crippen molar-refractivity contribution in [2.45, 2.75) is 59.5 Å². The molecule has 1 atom stereocenters. The van der Waals surface area contributed by atoms with Crippen LogP contribution in [0.3, 0.4) is 0 Å². The number of likely N-dealkylation sites (N-methyl/N-ethyl adjacent to an activating group) is 1. The average Bonchev–Trinajstić information content (AvgIpc) is 2.47. The first kappa shape index (κ1) is 17.1. The molecule has 1 aromatic rings. The maximum atomic E-state index is 5.32. The van der Waals surface area contributed by atoms with E-state index in [0.29, 0.717) is 0 Å². The van der Waals surface area contributed by atoms with E-state index in [2.05, 4.69) is 33.0 Å². The quantitative estimate of drug-likeness (QED) is 0.705. The van der Waals surface area contributed by atoms with E-state index in [1.165, 1.54) is 17.0 Å². The average molecular weight is 279 g/mol. The second kappa shape index (κ2) is 9.03. The number of hydrogen-bond donors (Lipinski definition) is 1. The first-order chi connectivity index (χ1) is 9.65. The van der Waals surface area contributed by atoms with Crippen molar-refractivity contribution in [3.63, 3.8) is 0 Å². The second-order valence-electron chi connectivity index (χ2n) is 5.07. The van der Waals surface area contributed by atoms with Gasteiger partial charge in [-0.2, -0.15) is 0 Å². The topological polar surface area (TPSA) is 47.0 Å². The molecule has 0 saturated carbocycles. The fourth-order valence-corrected chi connectivity index (χ4v) is 2.33. The van der Waals surface area contributed by atoms with E-state index in [0.717, 1.165) is 44.6 Å². The number of methoxy groups -OCH3 is 1. The fourth-order valence-electron chi connectivity index (χ4n) is 2.33. The van der Waals surface area contributed by atoms with Crippen molar-refractivity contribution in [1.29, 1.82) is 0 Å². The summed E-state index contributed by atoms with van der Waals surface area (Å²) in [5.74, 6) is 0.917. The van der Waals surface area contributed by atoms with Crippen molar-refractivity contribution in [2.24, 2.45) is 0 Å². The van der Waals surface area contributed by atoms with Gasteiger partial charge >= 0.3 is 0 Å². The highest BCUT2D eigenvalue weighted by Crippen LogP contribution is 2.15. The molecule has 0 aromatic carbocycles. The number of nitrogens with zero attached hydrogens (tertiary/aromatic N) is 2. The van der Waals surface area contributed by atoms with Crippen LogP contribution in [0, 0.1) is 0 Å². The molecule has 4 nitrogen and oxygen atoms in total. The Morgan fingerprint density at radius 2 is 1.70 bits per heavy atom. The van der Waals surface area contributed by atoms with Gasteiger partial charge in [0.1, 0.15) is 5.82 Å². The number of ether oxygens (including phenoxy) is 1. The Bertz CT molecular complexity index is 382. The molecule has 0 saturated heterocycles. The largest absolute Gasteiger partial charge is 0.381 e. The standard InChI is InChI=1S/C16H29N3O/c1-6-14-13(9-10-17-8-3)15(7-2)19-16(18-14)11-12(4)20-5/h12,17H,6-11H2,1-5H3. The highest BCUT2D eigenvalue weighted by molar-refractivity contribution is 5.27. The van der Waals surface area contributed by atoms with Crippen LogP contribution in [-0.2, 0) is 30.4 Å². The third-order valence-corrected chi connectivity index (χ3v) is 3.57. The van der Waals surface area contributed by atoms with Crippen LogP contribution in [0.15, 0.2) is 0 Å². The minimum absolute atomic E-state index is 0.164. The van der Waals surface area contributed by atoms with Crippen molar-refractivity contribution >= 4 is 0 Å². The predicted octanol–water partition coefficient (Wildman–Crippen LogP) is 2.33. The van der Waals surface area contributed by atoms with Crippen LogP contribution in [0.5, 0.6) is 0 Å². The lowest BCUT2D eigenvalue weighted by Crippen LogP contribution is -2.20. The summed E-state index contributed by atoms with van der Waals surface area (Å²) in [4.78, 5) is 9.50. The third kappa shape index (κ3) is 4.84. The van der Waals surface area contributed by atoms with E-state index in [9.17, 15) is 0 Å². The molecule has 0 amide bonds. The number of nitrogens with one attached hydrogen (secondary N) is 1. The summed E-state index contributed by atoms with van der Waals surface area (Å²) in [5, 5.41) is 3.38. The van der Waals surface area contributed by atoms with Crippen molar-refractivity contribution in [1.82, 2.24) is 15.3 Å². The highest BCUT2D eigenvalue weighted by Gasteiger charge is 2.13. The summed E-state index contributed by atoms with van der Waals surface area (Å²) in [5.41, 5.74) is 3.74. The molecule has 0 bridgehead atoms. The molecule has 1 aromatic heterocycles. The van der Waals surface area contributed by atoms with Crippen molar-refractivity contribution < 1.29 is 4.74 Å². The Kier molecular flexibility index (Phi) is 7.70. The molecule has 0 spiro atoms. The van der Waals surface area contributed by atoms with E-state index >= 15 is 0 Å². The molecule has 0 radical (unpaired) electrons. The van der Waals surface area contributed by atoms with Gasteiger partial charge < -0.3 is 10.1 Å². The van der Waals surface area contributed by atoms with Gasteiger partial charge in [-0.3, -0.25) is 0 Å². The SMILES string of the molecule is CCNCCc1c(CC)nc(CC(C)OC)nc1CC. The molecule has 0 fully saturated rings. The lowest BCUT2D eigenvalue weighted by Gasteiger charge is -2.15. The first-order valence-corrected chi connectivity index (χ1v) is 7.77. The Balaban J connectivity index is 2.98. The van der Waals surface area contributed by atoms with Gasteiger partial charge in [0.25, 0.3) is 0 Å². The van der Waals surface area contributed by atoms with E-state index < -0.39 is 0 Å².